The average molecular weight is 415 g/mol. The molecule has 162 valence electrons. The van der Waals surface area contributed by atoms with E-state index in [1.165, 1.54) is 43.0 Å². The first kappa shape index (κ1) is 20.6. The Hall–Kier alpha value is -2.64. The number of aromatic nitrogens is 2. The van der Waals surface area contributed by atoms with Crippen LogP contribution >= 0.6 is 0 Å². The fourth-order valence-corrected chi connectivity index (χ4v) is 4.72. The van der Waals surface area contributed by atoms with Gasteiger partial charge in [0.2, 0.25) is 11.6 Å². The van der Waals surface area contributed by atoms with Crippen molar-refractivity contribution in [2.45, 2.75) is 51.9 Å². The molecule has 8 heteroatoms. The third kappa shape index (κ3) is 4.00. The van der Waals surface area contributed by atoms with Crippen LogP contribution in [0.3, 0.4) is 0 Å². The number of amides is 2. The zero-order valence-corrected chi connectivity index (χ0v) is 17.9. The van der Waals surface area contributed by atoms with E-state index in [4.69, 9.17) is 4.42 Å². The summed E-state index contributed by atoms with van der Waals surface area (Å²) < 4.78 is 6.90. The maximum absolute atomic E-state index is 13.2. The van der Waals surface area contributed by atoms with Gasteiger partial charge in [0.25, 0.3) is 11.5 Å². The van der Waals surface area contributed by atoms with Crippen molar-refractivity contribution >= 4 is 22.9 Å². The summed E-state index contributed by atoms with van der Waals surface area (Å²) in [4.78, 5) is 46.0. The summed E-state index contributed by atoms with van der Waals surface area (Å²) in [6.45, 7) is 3.65. The largest absolute Gasteiger partial charge is 0.442 e. The third-order valence-electron chi connectivity index (χ3n) is 6.57. The maximum atomic E-state index is 13.2. The molecular weight excluding hydrogens is 384 g/mol. The summed E-state index contributed by atoms with van der Waals surface area (Å²) in [5.41, 5.74) is 0.183. The predicted molar refractivity (Wildman–Crippen MR) is 112 cm³/mol. The normalized spacial score (nSPS) is 18.2. The zero-order valence-electron chi connectivity index (χ0n) is 17.9. The Kier molecular flexibility index (Phi) is 5.92. The van der Waals surface area contributed by atoms with Crippen molar-refractivity contribution in [3.63, 3.8) is 0 Å². The Bertz CT molecular complexity index is 994. The topological polar surface area (TPSA) is 88.6 Å². The van der Waals surface area contributed by atoms with Crippen LogP contribution in [-0.4, -0.2) is 57.3 Å². The molecule has 0 spiro atoms. The third-order valence-corrected chi connectivity index (χ3v) is 6.57. The number of carbonyl (C=O) groups is 2. The second-order valence-corrected chi connectivity index (χ2v) is 8.59. The Labute approximate surface area is 175 Å². The van der Waals surface area contributed by atoms with Gasteiger partial charge in [0, 0.05) is 39.6 Å². The first-order chi connectivity index (χ1) is 14.5. The van der Waals surface area contributed by atoms with Gasteiger partial charge >= 0.3 is 0 Å². The van der Waals surface area contributed by atoms with Crippen molar-refractivity contribution in [3.05, 3.63) is 28.0 Å². The summed E-state index contributed by atoms with van der Waals surface area (Å²) in [6.07, 6.45) is 9.39. The Balaban J connectivity index is 1.38. The molecule has 4 rings (SSSR count). The highest BCUT2D eigenvalue weighted by Gasteiger charge is 2.30. The lowest BCUT2D eigenvalue weighted by atomic mass is 9.86. The molecule has 0 radical (unpaired) electrons. The quantitative estimate of drug-likeness (QED) is 0.767. The second kappa shape index (κ2) is 8.62. The van der Waals surface area contributed by atoms with Crippen molar-refractivity contribution in [3.8, 4) is 0 Å². The highest BCUT2D eigenvalue weighted by atomic mass is 16.3. The Morgan fingerprint density at radius 1 is 1.10 bits per heavy atom. The van der Waals surface area contributed by atoms with Crippen LogP contribution in [0.2, 0.25) is 0 Å². The van der Waals surface area contributed by atoms with Crippen LogP contribution in [0, 0.1) is 12.8 Å². The fourth-order valence-electron chi connectivity index (χ4n) is 4.72. The molecule has 0 atom stereocenters. The summed E-state index contributed by atoms with van der Waals surface area (Å²) in [5, 5.41) is 0.230. The number of carbonyl (C=O) groups excluding carboxylic acids is 2. The van der Waals surface area contributed by atoms with E-state index in [0.717, 1.165) is 6.42 Å². The van der Waals surface area contributed by atoms with Crippen molar-refractivity contribution in [1.82, 2.24) is 19.4 Å². The van der Waals surface area contributed by atoms with Gasteiger partial charge in [-0.2, -0.15) is 0 Å². The molecule has 0 N–H and O–H groups in total. The monoisotopic (exact) mass is 414 g/mol. The molecule has 1 aliphatic heterocycles. The molecule has 3 heterocycles. The average Bonchev–Trinajstić information content (AvgIpc) is 3.11. The molecule has 2 fully saturated rings. The standard InChI is InChI=1S/C22H30N4O4/c1-15-18(19-20(30-15)23-14-24(2)21(19)28)22(29)26-12-10-25(11-13-26)17(27)9-8-16-6-4-3-5-7-16/h14,16H,3-13H2,1-2H3. The van der Waals surface area contributed by atoms with Crippen molar-refractivity contribution in [2.75, 3.05) is 26.2 Å². The van der Waals surface area contributed by atoms with E-state index >= 15 is 0 Å². The lowest BCUT2D eigenvalue weighted by Gasteiger charge is -2.35. The van der Waals surface area contributed by atoms with Gasteiger partial charge in [-0.3, -0.25) is 14.4 Å². The van der Waals surface area contributed by atoms with Crippen LogP contribution in [0.5, 0.6) is 0 Å². The van der Waals surface area contributed by atoms with Gasteiger partial charge in [-0.1, -0.05) is 32.1 Å². The van der Waals surface area contributed by atoms with E-state index in [9.17, 15) is 14.4 Å². The minimum atomic E-state index is -0.295. The highest BCUT2D eigenvalue weighted by Crippen LogP contribution is 2.28. The molecule has 30 heavy (non-hydrogen) atoms. The van der Waals surface area contributed by atoms with Crippen LogP contribution in [0.15, 0.2) is 15.5 Å². The van der Waals surface area contributed by atoms with Gasteiger partial charge in [-0.25, -0.2) is 4.98 Å². The molecule has 2 aromatic rings. The van der Waals surface area contributed by atoms with E-state index in [1.807, 2.05) is 4.90 Å². The Morgan fingerprint density at radius 3 is 2.47 bits per heavy atom. The van der Waals surface area contributed by atoms with Gasteiger partial charge in [0.1, 0.15) is 17.5 Å². The molecule has 1 saturated heterocycles. The summed E-state index contributed by atoms with van der Waals surface area (Å²) in [5.74, 6) is 1.05. The van der Waals surface area contributed by atoms with E-state index in [0.29, 0.717) is 44.3 Å². The number of nitrogens with zero attached hydrogens (tertiary/aromatic N) is 4. The van der Waals surface area contributed by atoms with E-state index in [1.54, 1.807) is 18.9 Å². The van der Waals surface area contributed by atoms with Crippen LogP contribution < -0.4 is 5.56 Å². The molecule has 1 saturated carbocycles. The van der Waals surface area contributed by atoms with Crippen molar-refractivity contribution in [2.24, 2.45) is 13.0 Å². The molecule has 0 bridgehead atoms. The molecule has 2 amide bonds. The number of hydrogen-bond acceptors (Lipinski definition) is 5. The number of furan rings is 1. The summed E-state index contributed by atoms with van der Waals surface area (Å²) in [7, 11) is 1.60. The number of fused-ring (bicyclic) bond motifs is 1. The summed E-state index contributed by atoms with van der Waals surface area (Å²) >= 11 is 0. The first-order valence-electron chi connectivity index (χ1n) is 11.0. The maximum Gasteiger partial charge on any atom is 0.265 e. The first-order valence-corrected chi connectivity index (χ1v) is 11.0. The van der Waals surface area contributed by atoms with Gasteiger partial charge in [-0.05, 0) is 19.3 Å². The number of piperazine rings is 1. The molecular formula is C22H30N4O4. The predicted octanol–water partition coefficient (Wildman–Crippen LogP) is 2.48. The SMILES string of the molecule is Cc1oc2ncn(C)c(=O)c2c1C(=O)N1CCN(C(=O)CCC2CCCCC2)CC1. The molecule has 2 aromatic heterocycles. The number of rotatable bonds is 4. The molecule has 0 unspecified atom stereocenters. The van der Waals surface area contributed by atoms with Crippen molar-refractivity contribution < 1.29 is 14.0 Å². The lowest BCUT2D eigenvalue weighted by Crippen LogP contribution is -2.50. The molecule has 0 aromatic carbocycles. The number of hydrogen-bond donors (Lipinski definition) is 0. The highest BCUT2D eigenvalue weighted by molar-refractivity contribution is 6.06. The van der Waals surface area contributed by atoms with Crippen molar-refractivity contribution in [1.29, 1.82) is 0 Å². The molecule has 8 nitrogen and oxygen atoms in total. The van der Waals surface area contributed by atoms with Gasteiger partial charge < -0.3 is 18.8 Å². The van der Waals surface area contributed by atoms with E-state index < -0.39 is 0 Å². The lowest BCUT2D eigenvalue weighted by molar-refractivity contribution is -0.133. The van der Waals surface area contributed by atoms with E-state index in [-0.39, 0.29) is 34.0 Å². The zero-order chi connectivity index (χ0) is 21.3. The fraction of sp³-hybridized carbons (Fsp3) is 0.636. The van der Waals surface area contributed by atoms with E-state index in [2.05, 4.69) is 4.98 Å². The molecule has 2 aliphatic rings. The minimum Gasteiger partial charge on any atom is -0.442 e. The Morgan fingerprint density at radius 2 is 1.77 bits per heavy atom. The second-order valence-electron chi connectivity index (χ2n) is 8.59. The molecule has 1 aliphatic carbocycles. The summed E-state index contributed by atoms with van der Waals surface area (Å²) in [6, 6.07) is 0. The van der Waals surface area contributed by atoms with Crippen LogP contribution in [0.25, 0.3) is 11.1 Å². The van der Waals surface area contributed by atoms with Gasteiger partial charge in [-0.15, -0.1) is 0 Å². The minimum absolute atomic E-state index is 0.190. The van der Waals surface area contributed by atoms with Crippen LogP contribution in [0.1, 0.15) is 61.1 Å². The van der Waals surface area contributed by atoms with Crippen LogP contribution in [-0.2, 0) is 11.8 Å². The smallest absolute Gasteiger partial charge is 0.265 e. The van der Waals surface area contributed by atoms with Gasteiger partial charge in [0.15, 0.2) is 0 Å². The van der Waals surface area contributed by atoms with Crippen LogP contribution in [0.4, 0.5) is 0 Å². The number of aryl methyl sites for hydroxylation is 2. The van der Waals surface area contributed by atoms with Gasteiger partial charge in [0.05, 0.1) is 5.56 Å².